The van der Waals surface area contributed by atoms with Gasteiger partial charge in [-0.1, -0.05) is 33.9 Å². The van der Waals surface area contributed by atoms with Gasteiger partial charge in [-0.25, -0.2) is 0 Å². The number of carbonyl (C=O) groups is 1. The molecule has 0 aromatic rings. The maximum Gasteiger partial charge on any atom is 0.217 e. The van der Waals surface area contributed by atoms with E-state index < -0.39 is 8.24 Å². The molecule has 0 spiro atoms. The van der Waals surface area contributed by atoms with Gasteiger partial charge in [0.05, 0.1) is 0 Å². The minimum absolute atomic E-state index is 0.0973. The van der Waals surface area contributed by atoms with Crippen LogP contribution in [0.15, 0.2) is 0 Å². The van der Waals surface area contributed by atoms with Crippen LogP contribution in [0.25, 0.3) is 0 Å². The van der Waals surface area contributed by atoms with E-state index in [2.05, 4.69) is 52.3 Å². The van der Waals surface area contributed by atoms with Gasteiger partial charge in [-0.2, -0.15) is 0 Å². The molecule has 0 aliphatic carbocycles. The number of nitrogens with zero attached hydrogens (tertiary/aromatic N) is 1. The van der Waals surface area contributed by atoms with Crippen molar-refractivity contribution in [3.05, 3.63) is 0 Å². The lowest BCUT2D eigenvalue weighted by molar-refractivity contribution is -0.144. The molecule has 0 radical (unpaired) electrons. The van der Waals surface area contributed by atoms with Crippen molar-refractivity contribution in [2.75, 3.05) is 0 Å². The van der Waals surface area contributed by atoms with Crippen LogP contribution in [0.5, 0.6) is 0 Å². The maximum absolute atomic E-state index is 11.7. The van der Waals surface area contributed by atoms with Crippen molar-refractivity contribution in [1.82, 2.24) is 4.57 Å². The van der Waals surface area contributed by atoms with Crippen molar-refractivity contribution < 1.29 is 4.79 Å². The smallest absolute Gasteiger partial charge is 0.217 e. The van der Waals surface area contributed by atoms with Gasteiger partial charge in [0, 0.05) is 12.0 Å². The molecule has 1 heterocycles. The van der Waals surface area contributed by atoms with Gasteiger partial charge >= 0.3 is 0 Å². The average Bonchev–Trinajstić information content (AvgIpc) is 1.79. The Morgan fingerprint density at radius 2 is 1.71 bits per heavy atom. The van der Waals surface area contributed by atoms with E-state index in [1.807, 2.05) is 0 Å². The topological polar surface area (TPSA) is 20.3 Å². The molecule has 0 aromatic heterocycles. The number of amides is 1. The summed E-state index contributed by atoms with van der Waals surface area (Å²) in [5.41, 5.74) is 0.0973. The van der Waals surface area contributed by atoms with E-state index in [0.29, 0.717) is 5.91 Å². The molecule has 0 atom stereocenters. The molecule has 0 unspecified atom stereocenters. The van der Waals surface area contributed by atoms with Gasteiger partial charge < -0.3 is 4.57 Å². The minimum atomic E-state index is -1.64. The van der Waals surface area contributed by atoms with Crippen LogP contribution in [0.1, 0.15) is 41.0 Å². The largest absolute Gasteiger partial charge is 0.364 e. The molecule has 2 nitrogen and oxygen atoms in total. The molecule has 0 aromatic carbocycles. The van der Waals surface area contributed by atoms with E-state index in [9.17, 15) is 4.79 Å². The van der Waals surface area contributed by atoms with Crippen LogP contribution in [0, 0.1) is 0 Å². The van der Waals surface area contributed by atoms with E-state index in [1.165, 1.54) is 0 Å². The molecule has 0 bridgehead atoms. The Hall–Kier alpha value is -0.313. The number of hydrogen-bond donors (Lipinski definition) is 0. The summed E-state index contributed by atoms with van der Waals surface area (Å²) in [6.07, 6.45) is 0.722. The summed E-state index contributed by atoms with van der Waals surface area (Å²) >= 11 is 0. The van der Waals surface area contributed by atoms with Gasteiger partial charge in [0.2, 0.25) is 5.91 Å². The average molecular weight is 213 g/mol. The summed E-state index contributed by atoms with van der Waals surface area (Å²) in [6, 6.07) is 0. The molecule has 1 aliphatic rings. The summed E-state index contributed by atoms with van der Waals surface area (Å²) in [5, 5.41) is 0.250. The first-order chi connectivity index (χ1) is 6.00. The summed E-state index contributed by atoms with van der Waals surface area (Å²) in [5.74, 6) is 0.349. The zero-order valence-electron chi connectivity index (χ0n) is 10.6. The third kappa shape index (κ3) is 1.51. The lowest BCUT2D eigenvalue weighted by Crippen LogP contribution is -2.72. The predicted octanol–water partition coefficient (Wildman–Crippen LogP) is 3.00. The fraction of sp³-hybridized carbons (Fsp3) is 0.909. The SMILES string of the molecule is CC1(C)CC(=O)N1[Si](C)(C)C(C)(C)C. The Labute approximate surface area is 88.8 Å². The molecule has 1 aliphatic heterocycles. The molecule has 1 saturated heterocycles. The van der Waals surface area contributed by atoms with Gasteiger partial charge in [-0.15, -0.1) is 0 Å². The molecule has 0 saturated carbocycles. The zero-order chi connectivity index (χ0) is 11.4. The third-order valence-corrected chi connectivity index (χ3v) is 9.48. The number of β-lactam (4-membered cyclic amide) rings is 1. The molecule has 3 heteroatoms. The number of carbonyl (C=O) groups excluding carboxylic acids is 1. The second-order valence-corrected chi connectivity index (χ2v) is 11.6. The Morgan fingerprint density at radius 3 is 1.86 bits per heavy atom. The van der Waals surface area contributed by atoms with E-state index in [4.69, 9.17) is 0 Å². The van der Waals surface area contributed by atoms with Crippen LogP contribution < -0.4 is 0 Å². The van der Waals surface area contributed by atoms with Crippen molar-refractivity contribution in [1.29, 1.82) is 0 Å². The van der Waals surface area contributed by atoms with Crippen LogP contribution in [0.4, 0.5) is 0 Å². The first-order valence-electron chi connectivity index (χ1n) is 5.33. The number of rotatable bonds is 1. The molecule has 1 fully saturated rings. The maximum atomic E-state index is 11.7. The lowest BCUT2D eigenvalue weighted by atomic mass is 9.92. The molecular weight excluding hydrogens is 190 g/mol. The molecule has 0 N–H and O–H groups in total. The highest BCUT2D eigenvalue weighted by atomic mass is 28.3. The lowest BCUT2D eigenvalue weighted by Gasteiger charge is -2.59. The van der Waals surface area contributed by atoms with Crippen LogP contribution >= 0.6 is 0 Å². The first kappa shape index (κ1) is 11.8. The molecule has 14 heavy (non-hydrogen) atoms. The fourth-order valence-electron chi connectivity index (χ4n) is 2.18. The second-order valence-electron chi connectivity index (χ2n) is 6.53. The van der Waals surface area contributed by atoms with Crippen molar-refractivity contribution in [2.24, 2.45) is 0 Å². The van der Waals surface area contributed by atoms with E-state index in [0.717, 1.165) is 6.42 Å². The molecule has 1 rings (SSSR count). The van der Waals surface area contributed by atoms with Gasteiger partial charge in [-0.3, -0.25) is 4.79 Å². The Balaban J connectivity index is 2.99. The van der Waals surface area contributed by atoms with Crippen LogP contribution in [-0.2, 0) is 4.79 Å². The third-order valence-electron chi connectivity index (χ3n) is 3.83. The molecular formula is C11H23NOSi. The van der Waals surface area contributed by atoms with Crippen molar-refractivity contribution in [2.45, 2.75) is 64.7 Å². The predicted molar refractivity (Wildman–Crippen MR) is 62.7 cm³/mol. The van der Waals surface area contributed by atoms with Crippen LogP contribution in [-0.4, -0.2) is 24.2 Å². The molecule has 1 amide bonds. The Kier molecular flexibility index (Phi) is 2.39. The molecule has 82 valence electrons. The highest BCUT2D eigenvalue weighted by molar-refractivity contribution is 6.80. The highest BCUT2D eigenvalue weighted by Gasteiger charge is 2.55. The van der Waals surface area contributed by atoms with Crippen molar-refractivity contribution in [3.63, 3.8) is 0 Å². The van der Waals surface area contributed by atoms with Gasteiger partial charge in [0.1, 0.15) is 0 Å². The van der Waals surface area contributed by atoms with Gasteiger partial charge in [0.15, 0.2) is 8.24 Å². The Bertz CT molecular complexity index is 263. The van der Waals surface area contributed by atoms with Crippen LogP contribution in [0.3, 0.4) is 0 Å². The quantitative estimate of drug-likeness (QED) is 0.484. The van der Waals surface area contributed by atoms with E-state index >= 15 is 0 Å². The van der Waals surface area contributed by atoms with E-state index in [-0.39, 0.29) is 10.6 Å². The summed E-state index contributed by atoms with van der Waals surface area (Å²) in [6.45, 7) is 15.7. The van der Waals surface area contributed by atoms with Crippen molar-refractivity contribution in [3.8, 4) is 0 Å². The van der Waals surface area contributed by atoms with Gasteiger partial charge in [0.25, 0.3) is 0 Å². The minimum Gasteiger partial charge on any atom is -0.364 e. The van der Waals surface area contributed by atoms with Crippen molar-refractivity contribution >= 4 is 14.1 Å². The standard InChI is InChI=1S/C11H23NOSi/c1-10(2,3)14(6,7)12-9(13)8-11(12,4)5/h8H2,1-7H3. The number of hydrogen-bond acceptors (Lipinski definition) is 1. The van der Waals surface area contributed by atoms with Gasteiger partial charge in [-0.05, 0) is 18.9 Å². The fourth-order valence-corrected chi connectivity index (χ4v) is 5.14. The second kappa shape index (κ2) is 2.84. The summed E-state index contributed by atoms with van der Waals surface area (Å²) < 4.78 is 2.18. The first-order valence-corrected chi connectivity index (χ1v) is 8.28. The van der Waals surface area contributed by atoms with Crippen LogP contribution in [0.2, 0.25) is 18.1 Å². The zero-order valence-corrected chi connectivity index (χ0v) is 11.6. The Morgan fingerprint density at radius 1 is 1.29 bits per heavy atom. The normalized spacial score (nSPS) is 22.2. The monoisotopic (exact) mass is 213 g/mol. The van der Waals surface area contributed by atoms with E-state index in [1.54, 1.807) is 0 Å². The highest BCUT2D eigenvalue weighted by Crippen LogP contribution is 2.46. The summed E-state index contributed by atoms with van der Waals surface area (Å²) in [7, 11) is -1.64. The summed E-state index contributed by atoms with van der Waals surface area (Å²) in [4.78, 5) is 11.7.